The maximum Gasteiger partial charge on any atom is 0.255 e. The molecule has 1 heterocycles. The van der Waals surface area contributed by atoms with Gasteiger partial charge in [0.15, 0.2) is 0 Å². The summed E-state index contributed by atoms with van der Waals surface area (Å²) >= 11 is 0. The number of amides is 1. The third kappa shape index (κ3) is 3.23. The van der Waals surface area contributed by atoms with Gasteiger partial charge in [-0.05, 0) is 56.2 Å². The quantitative estimate of drug-likeness (QED) is 0.779. The Morgan fingerprint density at radius 2 is 1.79 bits per heavy atom. The molecule has 122 valence electrons. The second-order valence-electron chi connectivity index (χ2n) is 5.86. The van der Waals surface area contributed by atoms with Gasteiger partial charge in [0, 0.05) is 11.3 Å². The molecule has 1 amide bonds. The molecular formula is C20H21N3O. The molecule has 1 aromatic heterocycles. The Morgan fingerprint density at radius 1 is 1.08 bits per heavy atom. The predicted molar refractivity (Wildman–Crippen MR) is 96.8 cm³/mol. The van der Waals surface area contributed by atoms with Crippen molar-refractivity contribution < 1.29 is 4.79 Å². The van der Waals surface area contributed by atoms with Crippen LogP contribution < -0.4 is 5.32 Å². The smallest absolute Gasteiger partial charge is 0.255 e. The molecule has 24 heavy (non-hydrogen) atoms. The van der Waals surface area contributed by atoms with Crippen LogP contribution in [0.2, 0.25) is 0 Å². The van der Waals surface area contributed by atoms with Crippen molar-refractivity contribution in [1.82, 2.24) is 9.78 Å². The standard InChI is InChI=1S/C20H21N3O/c1-4-16-9-11-17(12-10-16)20(24)21-18-7-5-6-8-19(18)23-15(3)13-14(2)22-23/h5-13H,4H2,1-3H3,(H,21,24). The van der Waals surface area contributed by atoms with Crippen LogP contribution in [0.4, 0.5) is 5.69 Å². The van der Waals surface area contributed by atoms with Gasteiger partial charge in [-0.1, -0.05) is 31.2 Å². The third-order valence-corrected chi connectivity index (χ3v) is 4.01. The van der Waals surface area contributed by atoms with E-state index < -0.39 is 0 Å². The number of rotatable bonds is 4. The van der Waals surface area contributed by atoms with Crippen molar-refractivity contribution in [2.24, 2.45) is 0 Å². The van der Waals surface area contributed by atoms with Crippen LogP contribution in [0.3, 0.4) is 0 Å². The summed E-state index contributed by atoms with van der Waals surface area (Å²) in [4.78, 5) is 12.5. The van der Waals surface area contributed by atoms with E-state index in [0.717, 1.165) is 29.2 Å². The first-order valence-corrected chi connectivity index (χ1v) is 8.11. The molecule has 0 atom stereocenters. The second-order valence-corrected chi connectivity index (χ2v) is 5.86. The Morgan fingerprint density at radius 3 is 2.42 bits per heavy atom. The van der Waals surface area contributed by atoms with Crippen LogP contribution in [-0.2, 0) is 6.42 Å². The van der Waals surface area contributed by atoms with Gasteiger partial charge in [-0.3, -0.25) is 4.79 Å². The van der Waals surface area contributed by atoms with Crippen molar-refractivity contribution in [3.63, 3.8) is 0 Å². The Bertz CT molecular complexity index is 863. The van der Waals surface area contributed by atoms with Gasteiger partial charge in [0.1, 0.15) is 0 Å². The van der Waals surface area contributed by atoms with Crippen molar-refractivity contribution in [3.05, 3.63) is 77.1 Å². The van der Waals surface area contributed by atoms with Crippen molar-refractivity contribution in [2.75, 3.05) is 5.32 Å². The number of nitrogens with one attached hydrogen (secondary N) is 1. The van der Waals surface area contributed by atoms with E-state index in [1.54, 1.807) is 0 Å². The van der Waals surface area contributed by atoms with Gasteiger partial charge >= 0.3 is 0 Å². The van der Waals surface area contributed by atoms with Crippen molar-refractivity contribution in [3.8, 4) is 5.69 Å². The zero-order valence-electron chi connectivity index (χ0n) is 14.2. The van der Waals surface area contributed by atoms with E-state index in [1.165, 1.54) is 5.56 Å². The van der Waals surface area contributed by atoms with Crippen LogP contribution >= 0.6 is 0 Å². The van der Waals surface area contributed by atoms with Gasteiger partial charge in [0.25, 0.3) is 5.91 Å². The molecule has 0 saturated heterocycles. The molecule has 0 aliphatic heterocycles. The Labute approximate surface area is 142 Å². The zero-order valence-corrected chi connectivity index (χ0v) is 14.2. The number of hydrogen-bond acceptors (Lipinski definition) is 2. The van der Waals surface area contributed by atoms with Gasteiger partial charge in [0.2, 0.25) is 0 Å². The molecule has 3 aromatic rings. The van der Waals surface area contributed by atoms with E-state index in [1.807, 2.05) is 73.1 Å². The van der Waals surface area contributed by atoms with Crippen molar-refractivity contribution in [1.29, 1.82) is 0 Å². The molecule has 0 unspecified atom stereocenters. The average Bonchev–Trinajstić information content (AvgIpc) is 2.93. The van der Waals surface area contributed by atoms with Gasteiger partial charge in [-0.2, -0.15) is 5.10 Å². The molecule has 0 saturated carbocycles. The topological polar surface area (TPSA) is 46.9 Å². The molecular weight excluding hydrogens is 298 g/mol. The first-order chi connectivity index (χ1) is 11.6. The first-order valence-electron chi connectivity index (χ1n) is 8.11. The molecule has 0 bridgehead atoms. The number of para-hydroxylation sites is 2. The Balaban J connectivity index is 1.90. The maximum absolute atomic E-state index is 12.5. The summed E-state index contributed by atoms with van der Waals surface area (Å²) < 4.78 is 1.85. The predicted octanol–water partition coefficient (Wildman–Crippen LogP) is 4.30. The first kappa shape index (κ1) is 16.0. The number of benzene rings is 2. The van der Waals surface area contributed by atoms with Crippen LogP contribution in [0, 0.1) is 13.8 Å². The fourth-order valence-corrected chi connectivity index (χ4v) is 2.72. The molecule has 2 aromatic carbocycles. The molecule has 0 spiro atoms. The monoisotopic (exact) mass is 319 g/mol. The third-order valence-electron chi connectivity index (χ3n) is 4.01. The lowest BCUT2D eigenvalue weighted by molar-refractivity contribution is 0.102. The fraction of sp³-hybridized carbons (Fsp3) is 0.200. The van der Waals surface area contributed by atoms with Crippen LogP contribution in [0.15, 0.2) is 54.6 Å². The van der Waals surface area contributed by atoms with Crippen molar-refractivity contribution in [2.45, 2.75) is 27.2 Å². The summed E-state index contributed by atoms with van der Waals surface area (Å²) in [5.74, 6) is -0.119. The van der Waals surface area contributed by atoms with E-state index in [4.69, 9.17) is 0 Å². The summed E-state index contributed by atoms with van der Waals surface area (Å²) in [5.41, 5.74) is 5.45. The maximum atomic E-state index is 12.5. The van der Waals surface area contributed by atoms with Gasteiger partial charge in [-0.15, -0.1) is 0 Å². The SMILES string of the molecule is CCc1ccc(C(=O)Nc2ccccc2-n2nc(C)cc2C)cc1. The van der Waals surface area contributed by atoms with E-state index >= 15 is 0 Å². The van der Waals surface area contributed by atoms with Crippen LogP contribution in [0.1, 0.15) is 34.2 Å². The summed E-state index contributed by atoms with van der Waals surface area (Å²) in [6, 6.07) is 17.4. The van der Waals surface area contributed by atoms with Crippen LogP contribution in [-0.4, -0.2) is 15.7 Å². The number of carbonyl (C=O) groups excluding carboxylic acids is 1. The number of aryl methyl sites for hydroxylation is 3. The highest BCUT2D eigenvalue weighted by atomic mass is 16.1. The van der Waals surface area contributed by atoms with Gasteiger partial charge in [0.05, 0.1) is 17.1 Å². The largest absolute Gasteiger partial charge is 0.320 e. The van der Waals surface area contributed by atoms with E-state index in [2.05, 4.69) is 17.3 Å². The minimum absolute atomic E-state index is 0.119. The number of carbonyl (C=O) groups is 1. The van der Waals surface area contributed by atoms with Gasteiger partial charge in [-0.25, -0.2) is 4.68 Å². The number of anilines is 1. The molecule has 3 rings (SSSR count). The molecule has 4 nitrogen and oxygen atoms in total. The summed E-state index contributed by atoms with van der Waals surface area (Å²) in [7, 11) is 0. The number of aromatic nitrogens is 2. The molecule has 1 N–H and O–H groups in total. The fourth-order valence-electron chi connectivity index (χ4n) is 2.72. The summed E-state index contributed by atoms with van der Waals surface area (Å²) in [5, 5.41) is 7.51. The van der Waals surface area contributed by atoms with E-state index in [-0.39, 0.29) is 5.91 Å². The average molecular weight is 319 g/mol. The summed E-state index contributed by atoms with van der Waals surface area (Å²) in [6.45, 7) is 6.06. The minimum Gasteiger partial charge on any atom is -0.320 e. The molecule has 4 heteroatoms. The highest BCUT2D eigenvalue weighted by molar-refractivity contribution is 6.05. The van der Waals surface area contributed by atoms with E-state index in [9.17, 15) is 4.79 Å². The van der Waals surface area contributed by atoms with Gasteiger partial charge < -0.3 is 5.32 Å². The van der Waals surface area contributed by atoms with Crippen LogP contribution in [0.25, 0.3) is 5.69 Å². The highest BCUT2D eigenvalue weighted by Crippen LogP contribution is 2.22. The lowest BCUT2D eigenvalue weighted by atomic mass is 10.1. The molecule has 0 radical (unpaired) electrons. The normalized spacial score (nSPS) is 10.6. The Hall–Kier alpha value is -2.88. The van der Waals surface area contributed by atoms with Crippen molar-refractivity contribution >= 4 is 11.6 Å². The molecule has 0 aliphatic rings. The minimum atomic E-state index is -0.119. The number of nitrogens with zero attached hydrogens (tertiary/aromatic N) is 2. The van der Waals surface area contributed by atoms with E-state index in [0.29, 0.717) is 5.56 Å². The zero-order chi connectivity index (χ0) is 17.1. The molecule has 0 fully saturated rings. The highest BCUT2D eigenvalue weighted by Gasteiger charge is 2.12. The van der Waals surface area contributed by atoms with Crippen LogP contribution in [0.5, 0.6) is 0 Å². The Kier molecular flexibility index (Phi) is 4.47. The second kappa shape index (κ2) is 6.71. The summed E-state index contributed by atoms with van der Waals surface area (Å²) in [6.07, 6.45) is 0.961. The molecule has 0 aliphatic carbocycles. The lowest BCUT2D eigenvalue weighted by Gasteiger charge is -2.12. The number of hydrogen-bond donors (Lipinski definition) is 1. The lowest BCUT2D eigenvalue weighted by Crippen LogP contribution is -2.14.